The second-order valence-electron chi connectivity index (χ2n) is 2.05. The van der Waals surface area contributed by atoms with Crippen LogP contribution >= 0.6 is 11.8 Å². The number of nitrogens with zero attached hydrogens (tertiary/aromatic N) is 2. The molecule has 0 aromatic carbocycles. The van der Waals surface area contributed by atoms with Gasteiger partial charge in [-0.25, -0.2) is 9.37 Å². The van der Waals surface area contributed by atoms with Crippen LogP contribution in [0.3, 0.4) is 0 Å². The van der Waals surface area contributed by atoms with Crippen LogP contribution in [0.2, 0.25) is 0 Å². The van der Waals surface area contributed by atoms with E-state index in [1.807, 2.05) is 6.07 Å². The second kappa shape index (κ2) is 4.73. The van der Waals surface area contributed by atoms with Crippen molar-refractivity contribution in [2.75, 3.05) is 5.75 Å². The Morgan fingerprint density at radius 3 is 3.17 bits per heavy atom. The fourth-order valence-corrected chi connectivity index (χ4v) is 1.40. The molecule has 0 N–H and O–H groups in total. The maximum atomic E-state index is 12.9. The van der Waals surface area contributed by atoms with Crippen LogP contribution in [0.1, 0.15) is 6.42 Å². The monoisotopic (exact) mass is 182 g/mol. The molecular formula is C8H7FN2S. The van der Waals surface area contributed by atoms with Gasteiger partial charge in [-0.1, -0.05) is 0 Å². The van der Waals surface area contributed by atoms with Gasteiger partial charge in [0.05, 0.1) is 6.07 Å². The summed E-state index contributed by atoms with van der Waals surface area (Å²) in [5, 5.41) is 8.60. The predicted octanol–water partition coefficient (Wildman–Crippen LogP) is 2.23. The van der Waals surface area contributed by atoms with Crippen LogP contribution < -0.4 is 0 Å². The van der Waals surface area contributed by atoms with Crippen LogP contribution in [0.25, 0.3) is 0 Å². The molecule has 0 amide bonds. The summed E-state index contributed by atoms with van der Waals surface area (Å²) in [7, 11) is 0. The quantitative estimate of drug-likeness (QED) is 0.531. The van der Waals surface area contributed by atoms with E-state index in [0.29, 0.717) is 17.2 Å². The summed E-state index contributed by atoms with van der Waals surface area (Å²) in [6.45, 7) is 0. The van der Waals surface area contributed by atoms with Gasteiger partial charge in [-0.3, -0.25) is 0 Å². The zero-order valence-electron chi connectivity index (χ0n) is 6.33. The Morgan fingerprint density at radius 1 is 1.67 bits per heavy atom. The van der Waals surface area contributed by atoms with Crippen molar-refractivity contribution in [3.05, 3.63) is 24.1 Å². The molecule has 0 bridgehead atoms. The minimum atomic E-state index is -0.319. The summed E-state index contributed by atoms with van der Waals surface area (Å²) in [4.78, 5) is 3.83. The molecule has 12 heavy (non-hydrogen) atoms. The molecule has 62 valence electrons. The number of hydrogen-bond donors (Lipinski definition) is 0. The summed E-state index contributed by atoms with van der Waals surface area (Å²) >= 11 is 1.26. The highest BCUT2D eigenvalue weighted by Crippen LogP contribution is 2.18. The van der Waals surface area contributed by atoms with Gasteiger partial charge < -0.3 is 0 Å². The molecule has 0 atom stereocenters. The van der Waals surface area contributed by atoms with Gasteiger partial charge in [-0.05, 0) is 12.1 Å². The smallest absolute Gasteiger partial charge is 0.155 e. The van der Waals surface area contributed by atoms with Crippen LogP contribution in [0.15, 0.2) is 23.4 Å². The largest absolute Gasteiger partial charge is 0.247 e. The van der Waals surface area contributed by atoms with E-state index in [1.54, 1.807) is 6.07 Å². The van der Waals surface area contributed by atoms with E-state index in [0.717, 1.165) is 0 Å². The molecule has 0 unspecified atom stereocenters. The summed E-state index contributed by atoms with van der Waals surface area (Å²) in [5.74, 6) is 0.269. The van der Waals surface area contributed by atoms with Crippen molar-refractivity contribution < 1.29 is 4.39 Å². The lowest BCUT2D eigenvalue weighted by Gasteiger charge is -1.97. The molecule has 0 aliphatic carbocycles. The van der Waals surface area contributed by atoms with Crippen LogP contribution in [0.5, 0.6) is 0 Å². The summed E-state index contributed by atoms with van der Waals surface area (Å²) in [6.07, 6.45) is 1.96. The summed E-state index contributed by atoms with van der Waals surface area (Å²) < 4.78 is 12.9. The highest BCUT2D eigenvalue weighted by atomic mass is 32.2. The van der Waals surface area contributed by atoms with Crippen molar-refractivity contribution in [2.45, 2.75) is 11.4 Å². The minimum Gasteiger partial charge on any atom is -0.247 e. The molecule has 4 heteroatoms. The van der Waals surface area contributed by atoms with E-state index in [-0.39, 0.29) is 5.82 Å². The lowest BCUT2D eigenvalue weighted by atomic mass is 10.5. The van der Waals surface area contributed by atoms with E-state index in [4.69, 9.17) is 5.26 Å². The lowest BCUT2D eigenvalue weighted by Crippen LogP contribution is -1.86. The topological polar surface area (TPSA) is 36.7 Å². The van der Waals surface area contributed by atoms with E-state index < -0.39 is 0 Å². The molecule has 1 rings (SSSR count). The van der Waals surface area contributed by atoms with E-state index in [1.165, 1.54) is 24.0 Å². The molecular weight excluding hydrogens is 175 g/mol. The predicted molar refractivity (Wildman–Crippen MR) is 45.1 cm³/mol. The van der Waals surface area contributed by atoms with Crippen molar-refractivity contribution in [3.8, 4) is 6.07 Å². The van der Waals surface area contributed by atoms with E-state index in [2.05, 4.69) is 4.98 Å². The Morgan fingerprint density at radius 2 is 2.50 bits per heavy atom. The van der Waals surface area contributed by atoms with Gasteiger partial charge in [0.1, 0.15) is 5.03 Å². The van der Waals surface area contributed by atoms with E-state index in [9.17, 15) is 4.39 Å². The van der Waals surface area contributed by atoms with Crippen LogP contribution in [-0.4, -0.2) is 10.7 Å². The molecule has 1 aromatic rings. The lowest BCUT2D eigenvalue weighted by molar-refractivity contribution is 0.588. The van der Waals surface area contributed by atoms with Gasteiger partial charge in [0.2, 0.25) is 0 Å². The van der Waals surface area contributed by atoms with Crippen molar-refractivity contribution in [3.63, 3.8) is 0 Å². The fraction of sp³-hybridized carbons (Fsp3) is 0.250. The Balaban J connectivity index is 2.53. The van der Waals surface area contributed by atoms with Crippen LogP contribution in [0, 0.1) is 17.1 Å². The third-order valence-electron chi connectivity index (χ3n) is 1.18. The van der Waals surface area contributed by atoms with Crippen molar-refractivity contribution in [1.82, 2.24) is 4.98 Å². The maximum absolute atomic E-state index is 12.9. The molecule has 0 saturated carbocycles. The van der Waals surface area contributed by atoms with Gasteiger partial charge >= 0.3 is 0 Å². The fourth-order valence-electron chi connectivity index (χ4n) is 0.671. The zero-order chi connectivity index (χ0) is 8.81. The van der Waals surface area contributed by atoms with Gasteiger partial charge in [-0.2, -0.15) is 5.26 Å². The molecule has 0 spiro atoms. The highest BCUT2D eigenvalue weighted by Gasteiger charge is 2.01. The Bertz CT molecular complexity index is 295. The summed E-state index contributed by atoms with van der Waals surface area (Å²) in [6, 6.07) is 4.89. The normalized spacial score (nSPS) is 9.33. The molecule has 0 fully saturated rings. The van der Waals surface area contributed by atoms with Crippen LogP contribution in [0.4, 0.5) is 4.39 Å². The SMILES string of the molecule is N#CCCSc1ncccc1F. The van der Waals surface area contributed by atoms with Crippen molar-refractivity contribution in [1.29, 1.82) is 5.26 Å². The molecule has 0 radical (unpaired) electrons. The third-order valence-corrected chi connectivity index (χ3v) is 2.16. The highest BCUT2D eigenvalue weighted by molar-refractivity contribution is 7.99. The number of nitriles is 1. The average Bonchev–Trinajstić information content (AvgIpc) is 2.09. The van der Waals surface area contributed by atoms with E-state index >= 15 is 0 Å². The van der Waals surface area contributed by atoms with Gasteiger partial charge in [0.25, 0.3) is 0 Å². The number of hydrogen-bond acceptors (Lipinski definition) is 3. The molecule has 0 saturated heterocycles. The molecule has 0 aliphatic heterocycles. The number of rotatable bonds is 3. The number of aromatic nitrogens is 1. The minimum absolute atomic E-state index is 0.319. The Kier molecular flexibility index (Phi) is 3.55. The first kappa shape index (κ1) is 9.01. The van der Waals surface area contributed by atoms with Gasteiger partial charge in [0.15, 0.2) is 5.82 Å². The number of thioether (sulfide) groups is 1. The first-order valence-corrected chi connectivity index (χ1v) is 4.43. The molecule has 2 nitrogen and oxygen atoms in total. The third kappa shape index (κ3) is 2.51. The van der Waals surface area contributed by atoms with Gasteiger partial charge in [0, 0.05) is 18.4 Å². The second-order valence-corrected chi connectivity index (χ2v) is 3.13. The summed E-state index contributed by atoms with van der Waals surface area (Å²) in [5.41, 5.74) is 0. The zero-order valence-corrected chi connectivity index (χ0v) is 7.14. The number of pyridine rings is 1. The Hall–Kier alpha value is -1.08. The van der Waals surface area contributed by atoms with Crippen LogP contribution in [-0.2, 0) is 0 Å². The number of halogens is 1. The maximum Gasteiger partial charge on any atom is 0.155 e. The standard InChI is InChI=1S/C8H7FN2S/c9-7-3-1-5-11-8(7)12-6-2-4-10/h1,3,5H,2,6H2. The van der Waals surface area contributed by atoms with Crippen molar-refractivity contribution in [2.24, 2.45) is 0 Å². The Labute approximate surface area is 74.4 Å². The molecule has 1 heterocycles. The van der Waals surface area contributed by atoms with Crippen molar-refractivity contribution >= 4 is 11.8 Å². The first-order chi connectivity index (χ1) is 5.84. The molecule has 1 aromatic heterocycles. The first-order valence-electron chi connectivity index (χ1n) is 3.45. The molecule has 0 aliphatic rings. The average molecular weight is 182 g/mol. The van der Waals surface area contributed by atoms with Gasteiger partial charge in [-0.15, -0.1) is 11.8 Å².